The molecule has 0 aliphatic carbocycles. The third-order valence-electron chi connectivity index (χ3n) is 1.58. The van der Waals surface area contributed by atoms with Gasteiger partial charge in [-0.15, -0.1) is 0 Å². The Bertz CT molecular complexity index is 122. The SMILES string of the molecule is CCO[Si](CC)(OCC)OC(C)C. The molecule has 0 N–H and O–H groups in total. The van der Waals surface area contributed by atoms with Crippen molar-refractivity contribution in [3.05, 3.63) is 0 Å². The number of hydrogen-bond acceptors (Lipinski definition) is 3. The van der Waals surface area contributed by atoms with Crippen LogP contribution in [-0.2, 0) is 13.3 Å². The first kappa shape index (κ1) is 13.1. The van der Waals surface area contributed by atoms with Gasteiger partial charge in [0, 0.05) is 25.4 Å². The molecule has 0 aromatic carbocycles. The maximum atomic E-state index is 5.76. The quantitative estimate of drug-likeness (QED) is 0.599. The molecule has 0 spiro atoms. The Balaban J connectivity index is 4.24. The summed E-state index contributed by atoms with van der Waals surface area (Å²) in [5.74, 6) is 0. The van der Waals surface area contributed by atoms with Crippen LogP contribution in [0.25, 0.3) is 0 Å². The highest BCUT2D eigenvalue weighted by Gasteiger charge is 2.39. The smallest absolute Gasteiger partial charge is 0.374 e. The Morgan fingerprint density at radius 2 is 1.46 bits per heavy atom. The van der Waals surface area contributed by atoms with E-state index >= 15 is 0 Å². The van der Waals surface area contributed by atoms with Crippen LogP contribution in [0.1, 0.15) is 34.6 Å². The van der Waals surface area contributed by atoms with Crippen LogP contribution in [0.3, 0.4) is 0 Å². The van der Waals surface area contributed by atoms with Crippen molar-refractivity contribution in [2.45, 2.75) is 46.8 Å². The summed E-state index contributed by atoms with van der Waals surface area (Å²) in [6.45, 7) is 11.3. The summed E-state index contributed by atoms with van der Waals surface area (Å²) in [6, 6.07) is 0.840. The van der Waals surface area contributed by atoms with Gasteiger partial charge in [0.15, 0.2) is 0 Å². The van der Waals surface area contributed by atoms with Gasteiger partial charge in [-0.05, 0) is 27.7 Å². The predicted molar refractivity (Wildman–Crippen MR) is 55.7 cm³/mol. The first-order valence-electron chi connectivity index (χ1n) is 5.05. The van der Waals surface area contributed by atoms with Crippen molar-refractivity contribution in [2.75, 3.05) is 13.2 Å². The van der Waals surface area contributed by atoms with Crippen LogP contribution in [0.15, 0.2) is 0 Å². The van der Waals surface area contributed by atoms with E-state index in [0.29, 0.717) is 13.2 Å². The normalized spacial score (nSPS) is 12.5. The minimum Gasteiger partial charge on any atom is -0.374 e. The van der Waals surface area contributed by atoms with Gasteiger partial charge in [-0.1, -0.05) is 6.92 Å². The largest absolute Gasteiger partial charge is 0.500 e. The lowest BCUT2D eigenvalue weighted by molar-refractivity contribution is 0.0454. The topological polar surface area (TPSA) is 27.7 Å². The maximum absolute atomic E-state index is 5.76. The Hall–Kier alpha value is 0.0969. The van der Waals surface area contributed by atoms with Crippen LogP contribution in [0, 0.1) is 0 Å². The van der Waals surface area contributed by atoms with Crippen molar-refractivity contribution >= 4 is 8.80 Å². The van der Waals surface area contributed by atoms with Crippen LogP contribution in [0.2, 0.25) is 6.04 Å². The average molecular weight is 206 g/mol. The van der Waals surface area contributed by atoms with Crippen molar-refractivity contribution in [1.29, 1.82) is 0 Å². The van der Waals surface area contributed by atoms with Crippen LogP contribution >= 0.6 is 0 Å². The molecule has 0 amide bonds. The third-order valence-corrected chi connectivity index (χ3v) is 4.73. The highest BCUT2D eigenvalue weighted by molar-refractivity contribution is 6.60. The molecule has 0 saturated heterocycles. The molecule has 13 heavy (non-hydrogen) atoms. The van der Waals surface area contributed by atoms with Gasteiger partial charge in [0.25, 0.3) is 0 Å². The summed E-state index contributed by atoms with van der Waals surface area (Å²) < 4.78 is 17.0. The summed E-state index contributed by atoms with van der Waals surface area (Å²) in [6.07, 6.45) is 0.171. The molecule has 0 rings (SSSR count). The zero-order valence-corrected chi connectivity index (χ0v) is 10.4. The Labute approximate surface area is 82.8 Å². The lowest BCUT2D eigenvalue weighted by Crippen LogP contribution is -2.46. The molecule has 0 heterocycles. The minimum absolute atomic E-state index is 0.171. The predicted octanol–water partition coefficient (Wildman–Crippen LogP) is 2.44. The molecule has 3 nitrogen and oxygen atoms in total. The van der Waals surface area contributed by atoms with Crippen molar-refractivity contribution in [3.8, 4) is 0 Å². The molecule has 0 unspecified atom stereocenters. The van der Waals surface area contributed by atoms with E-state index in [-0.39, 0.29) is 6.10 Å². The van der Waals surface area contributed by atoms with E-state index in [0.717, 1.165) is 6.04 Å². The molecule has 80 valence electrons. The fraction of sp³-hybridized carbons (Fsp3) is 1.00. The van der Waals surface area contributed by atoms with E-state index < -0.39 is 8.80 Å². The van der Waals surface area contributed by atoms with Gasteiger partial charge in [0.2, 0.25) is 0 Å². The molecule has 0 aliphatic heterocycles. The molecule has 0 fully saturated rings. The van der Waals surface area contributed by atoms with E-state index in [1.165, 1.54) is 0 Å². The molecular weight excluding hydrogens is 184 g/mol. The van der Waals surface area contributed by atoms with Gasteiger partial charge in [-0.25, -0.2) is 0 Å². The van der Waals surface area contributed by atoms with Crippen LogP contribution in [-0.4, -0.2) is 28.1 Å². The van der Waals surface area contributed by atoms with Crippen LogP contribution < -0.4 is 0 Å². The van der Waals surface area contributed by atoms with Gasteiger partial charge < -0.3 is 13.3 Å². The molecule has 0 radical (unpaired) electrons. The zero-order valence-electron chi connectivity index (χ0n) is 9.42. The van der Waals surface area contributed by atoms with Crippen molar-refractivity contribution in [1.82, 2.24) is 0 Å². The Kier molecular flexibility index (Phi) is 6.58. The molecular formula is C9H22O3Si. The summed E-state index contributed by atoms with van der Waals surface area (Å²) in [7, 11) is -2.33. The van der Waals surface area contributed by atoms with Gasteiger partial charge in [0.05, 0.1) is 0 Å². The van der Waals surface area contributed by atoms with E-state index in [9.17, 15) is 0 Å². The first-order chi connectivity index (χ1) is 6.10. The highest BCUT2D eigenvalue weighted by atomic mass is 28.4. The lowest BCUT2D eigenvalue weighted by atomic mass is 10.5. The highest BCUT2D eigenvalue weighted by Crippen LogP contribution is 2.17. The summed E-state index contributed by atoms with van der Waals surface area (Å²) in [5, 5.41) is 0. The van der Waals surface area contributed by atoms with E-state index in [1.54, 1.807) is 0 Å². The van der Waals surface area contributed by atoms with Crippen molar-refractivity contribution in [2.24, 2.45) is 0 Å². The van der Waals surface area contributed by atoms with Crippen molar-refractivity contribution < 1.29 is 13.3 Å². The van der Waals surface area contributed by atoms with Gasteiger partial charge in [-0.2, -0.15) is 0 Å². The van der Waals surface area contributed by atoms with E-state index in [4.69, 9.17) is 13.3 Å². The molecule has 0 saturated carbocycles. The zero-order chi connectivity index (χ0) is 10.3. The molecule has 0 aliphatic rings. The second-order valence-electron chi connectivity index (χ2n) is 3.07. The molecule has 0 aromatic rings. The van der Waals surface area contributed by atoms with E-state index in [2.05, 4.69) is 6.92 Å². The second kappa shape index (κ2) is 6.54. The summed E-state index contributed by atoms with van der Waals surface area (Å²) in [4.78, 5) is 0. The molecule has 0 bridgehead atoms. The van der Waals surface area contributed by atoms with Gasteiger partial charge >= 0.3 is 8.80 Å². The number of rotatable bonds is 7. The third kappa shape index (κ3) is 4.76. The lowest BCUT2D eigenvalue weighted by Gasteiger charge is -2.29. The minimum atomic E-state index is -2.33. The first-order valence-corrected chi connectivity index (χ1v) is 6.99. The van der Waals surface area contributed by atoms with Crippen LogP contribution in [0.5, 0.6) is 0 Å². The summed E-state index contributed by atoms with van der Waals surface area (Å²) >= 11 is 0. The van der Waals surface area contributed by atoms with E-state index in [1.807, 2.05) is 27.7 Å². The Morgan fingerprint density at radius 3 is 1.69 bits per heavy atom. The van der Waals surface area contributed by atoms with Crippen molar-refractivity contribution in [3.63, 3.8) is 0 Å². The van der Waals surface area contributed by atoms with Gasteiger partial charge in [-0.3, -0.25) is 0 Å². The maximum Gasteiger partial charge on any atom is 0.500 e. The fourth-order valence-corrected chi connectivity index (χ4v) is 3.59. The monoisotopic (exact) mass is 206 g/mol. The standard InChI is InChI=1S/C9H22O3Si/c1-6-10-13(8-3,11-7-2)12-9(4)5/h9H,6-8H2,1-5H3. The summed E-state index contributed by atoms with van der Waals surface area (Å²) in [5.41, 5.74) is 0. The number of hydrogen-bond donors (Lipinski definition) is 0. The second-order valence-corrected chi connectivity index (χ2v) is 5.96. The fourth-order valence-electron chi connectivity index (χ4n) is 1.20. The van der Waals surface area contributed by atoms with Gasteiger partial charge in [0.1, 0.15) is 0 Å². The van der Waals surface area contributed by atoms with Crippen LogP contribution in [0.4, 0.5) is 0 Å². The molecule has 4 heteroatoms. The Morgan fingerprint density at radius 1 is 1.00 bits per heavy atom. The molecule has 0 aromatic heterocycles. The average Bonchev–Trinajstić information content (AvgIpc) is 2.04. The molecule has 0 atom stereocenters.